The van der Waals surface area contributed by atoms with Gasteiger partial charge in [-0.3, -0.25) is 4.90 Å². The lowest BCUT2D eigenvalue weighted by Crippen LogP contribution is -2.17. The predicted octanol–water partition coefficient (Wildman–Crippen LogP) is 4.88. The maximum Gasteiger partial charge on any atom is 0.0248 e. The van der Waals surface area contributed by atoms with Crippen molar-refractivity contribution in [3.63, 3.8) is 0 Å². The van der Waals surface area contributed by atoms with Gasteiger partial charge in [0.25, 0.3) is 0 Å². The van der Waals surface area contributed by atoms with E-state index in [9.17, 15) is 0 Å². The average Bonchev–Trinajstić information content (AvgIpc) is 2.63. The van der Waals surface area contributed by atoms with Crippen LogP contribution >= 0.6 is 0 Å². The van der Waals surface area contributed by atoms with E-state index in [0.29, 0.717) is 0 Å². The van der Waals surface area contributed by atoms with Crippen LogP contribution in [0, 0.1) is 11.8 Å². The molecule has 0 atom stereocenters. The highest BCUT2D eigenvalue weighted by Gasteiger charge is 2.02. The summed E-state index contributed by atoms with van der Waals surface area (Å²) in [5.74, 6) is 6.23. The van der Waals surface area contributed by atoms with Crippen molar-refractivity contribution in [2.24, 2.45) is 0 Å². The number of nitrogens with zero attached hydrogens (tertiary/aromatic N) is 1. The Kier molecular flexibility index (Phi) is 5.45. The molecule has 0 amide bonds. The first-order valence-electron chi connectivity index (χ1n) is 8.20. The number of hydrogen-bond donors (Lipinski definition) is 0. The van der Waals surface area contributed by atoms with E-state index >= 15 is 0 Å². The second-order valence-corrected chi connectivity index (χ2v) is 5.87. The Bertz CT molecular complexity index is 877. The molecule has 0 saturated carbocycles. The van der Waals surface area contributed by atoms with Crippen molar-refractivity contribution in [2.75, 3.05) is 13.6 Å². The molecule has 0 N–H and O–H groups in total. The third-order valence-electron chi connectivity index (χ3n) is 3.93. The lowest BCUT2D eigenvalue weighted by atomic mass is 10.0. The van der Waals surface area contributed by atoms with Crippen molar-refractivity contribution < 1.29 is 0 Å². The number of fused-ring (bicyclic) bond motifs is 1. The molecule has 0 unspecified atom stereocenters. The van der Waals surface area contributed by atoms with E-state index in [1.54, 1.807) is 0 Å². The minimum absolute atomic E-state index is 0.882. The molecule has 0 spiro atoms. The molecule has 0 heterocycles. The van der Waals surface area contributed by atoms with Crippen LogP contribution < -0.4 is 0 Å². The Balaban J connectivity index is 1.59. The summed E-state index contributed by atoms with van der Waals surface area (Å²) in [5, 5.41) is 2.63. The van der Waals surface area contributed by atoms with Gasteiger partial charge in [-0.25, -0.2) is 0 Å². The molecule has 3 aromatic carbocycles. The molecule has 0 aromatic heterocycles. The van der Waals surface area contributed by atoms with E-state index in [1.807, 2.05) is 36.4 Å². The fourth-order valence-electron chi connectivity index (χ4n) is 2.72. The summed E-state index contributed by atoms with van der Waals surface area (Å²) < 4.78 is 0. The van der Waals surface area contributed by atoms with E-state index in [0.717, 1.165) is 18.7 Å². The molecule has 0 aliphatic carbocycles. The Labute approximate surface area is 144 Å². The van der Waals surface area contributed by atoms with Gasteiger partial charge in [0, 0.05) is 18.7 Å². The van der Waals surface area contributed by atoms with Crippen LogP contribution in [0.4, 0.5) is 0 Å². The van der Waals surface area contributed by atoms with Gasteiger partial charge < -0.3 is 0 Å². The van der Waals surface area contributed by atoms with Crippen molar-refractivity contribution in [3.05, 3.63) is 96.1 Å². The van der Waals surface area contributed by atoms with E-state index in [4.69, 9.17) is 0 Å². The molecular formula is C23H21N. The number of likely N-dealkylation sites (N-methyl/N-ethyl adjacent to an activating group) is 1. The molecule has 118 valence electrons. The standard InChI is InChI=1S/C23H21N/c1-24(18-9-3-6-13-20-11-4-2-5-12-20)19-22-16-10-15-21-14-7-8-17-23(21)22/h2-5,7-12,14-17H,18-19H2,1H3/b9-3+. The Morgan fingerprint density at radius 2 is 1.62 bits per heavy atom. The van der Waals surface area contributed by atoms with Gasteiger partial charge in [0.15, 0.2) is 0 Å². The van der Waals surface area contributed by atoms with Crippen LogP contribution in [0.15, 0.2) is 84.9 Å². The van der Waals surface area contributed by atoms with Crippen molar-refractivity contribution >= 4 is 10.8 Å². The highest BCUT2D eigenvalue weighted by atomic mass is 15.1. The van der Waals surface area contributed by atoms with Crippen LogP contribution in [0.25, 0.3) is 10.8 Å². The van der Waals surface area contributed by atoms with Crippen molar-refractivity contribution in [3.8, 4) is 11.8 Å². The fraction of sp³-hybridized carbons (Fsp3) is 0.130. The van der Waals surface area contributed by atoms with Crippen molar-refractivity contribution in [2.45, 2.75) is 6.54 Å². The summed E-state index contributed by atoms with van der Waals surface area (Å²) in [5.41, 5.74) is 2.41. The number of benzene rings is 3. The Hall–Kier alpha value is -2.82. The van der Waals surface area contributed by atoms with Gasteiger partial charge in [-0.1, -0.05) is 78.6 Å². The third kappa shape index (κ3) is 4.35. The zero-order chi connectivity index (χ0) is 16.6. The number of allylic oxidation sites excluding steroid dienone is 1. The monoisotopic (exact) mass is 311 g/mol. The molecule has 0 aliphatic heterocycles. The Morgan fingerprint density at radius 3 is 2.50 bits per heavy atom. The molecule has 24 heavy (non-hydrogen) atoms. The van der Waals surface area contributed by atoms with Crippen LogP contribution in [0.1, 0.15) is 11.1 Å². The predicted molar refractivity (Wildman–Crippen MR) is 103 cm³/mol. The minimum atomic E-state index is 0.882. The van der Waals surface area contributed by atoms with Gasteiger partial charge in [0.2, 0.25) is 0 Å². The zero-order valence-electron chi connectivity index (χ0n) is 13.9. The highest BCUT2D eigenvalue weighted by Crippen LogP contribution is 2.19. The summed E-state index contributed by atoms with van der Waals surface area (Å²) in [6, 6.07) is 25.1. The van der Waals surface area contributed by atoms with Gasteiger partial charge >= 0.3 is 0 Å². The normalized spacial score (nSPS) is 10.9. The lowest BCUT2D eigenvalue weighted by molar-refractivity contribution is 0.365. The van der Waals surface area contributed by atoms with Crippen molar-refractivity contribution in [1.82, 2.24) is 4.90 Å². The summed E-state index contributed by atoms with van der Waals surface area (Å²) in [7, 11) is 2.14. The van der Waals surface area contributed by atoms with E-state index < -0.39 is 0 Å². The van der Waals surface area contributed by atoms with Gasteiger partial charge in [-0.2, -0.15) is 0 Å². The number of rotatable bonds is 4. The van der Waals surface area contributed by atoms with Gasteiger partial charge in [0.05, 0.1) is 0 Å². The quantitative estimate of drug-likeness (QED) is 0.621. The van der Waals surface area contributed by atoms with Crippen LogP contribution in [0.5, 0.6) is 0 Å². The van der Waals surface area contributed by atoms with E-state index in [2.05, 4.69) is 72.3 Å². The largest absolute Gasteiger partial charge is 0.298 e. The molecular weight excluding hydrogens is 290 g/mol. The molecule has 0 fully saturated rings. The molecule has 3 aromatic rings. The van der Waals surface area contributed by atoms with Gasteiger partial charge in [-0.05, 0) is 41.6 Å². The molecule has 0 saturated heterocycles. The highest BCUT2D eigenvalue weighted by molar-refractivity contribution is 5.85. The molecule has 0 bridgehead atoms. The first-order chi connectivity index (χ1) is 11.8. The minimum Gasteiger partial charge on any atom is -0.298 e. The lowest BCUT2D eigenvalue weighted by Gasteiger charge is -2.15. The SMILES string of the molecule is CN(C/C=C/C#Cc1ccccc1)Cc1cccc2ccccc12. The van der Waals surface area contributed by atoms with Gasteiger partial charge in [0.1, 0.15) is 0 Å². The summed E-state index contributed by atoms with van der Waals surface area (Å²) >= 11 is 0. The van der Waals surface area contributed by atoms with Crippen LogP contribution in [-0.2, 0) is 6.54 Å². The van der Waals surface area contributed by atoms with Crippen molar-refractivity contribution in [1.29, 1.82) is 0 Å². The Morgan fingerprint density at radius 1 is 0.875 bits per heavy atom. The maximum atomic E-state index is 3.14. The maximum absolute atomic E-state index is 3.14. The first-order valence-corrected chi connectivity index (χ1v) is 8.20. The topological polar surface area (TPSA) is 3.24 Å². The number of hydrogen-bond acceptors (Lipinski definition) is 1. The molecule has 0 radical (unpaired) electrons. The molecule has 1 heteroatoms. The van der Waals surface area contributed by atoms with E-state index in [-0.39, 0.29) is 0 Å². The van der Waals surface area contributed by atoms with Crippen LogP contribution in [-0.4, -0.2) is 18.5 Å². The summed E-state index contributed by atoms with van der Waals surface area (Å²) in [6.45, 7) is 1.81. The molecule has 3 rings (SSSR count). The van der Waals surface area contributed by atoms with Gasteiger partial charge in [-0.15, -0.1) is 0 Å². The van der Waals surface area contributed by atoms with E-state index in [1.165, 1.54) is 16.3 Å². The molecule has 0 aliphatic rings. The fourth-order valence-corrected chi connectivity index (χ4v) is 2.72. The first kappa shape index (κ1) is 16.1. The van der Waals surface area contributed by atoms with Crippen LogP contribution in [0.2, 0.25) is 0 Å². The zero-order valence-corrected chi connectivity index (χ0v) is 13.9. The third-order valence-corrected chi connectivity index (χ3v) is 3.93. The summed E-state index contributed by atoms with van der Waals surface area (Å²) in [6.07, 6.45) is 4.05. The second kappa shape index (κ2) is 8.15. The average molecular weight is 311 g/mol. The second-order valence-electron chi connectivity index (χ2n) is 5.87. The molecule has 1 nitrogen and oxygen atoms in total. The van der Waals surface area contributed by atoms with Crippen LogP contribution in [0.3, 0.4) is 0 Å². The smallest absolute Gasteiger partial charge is 0.0248 e. The summed E-state index contributed by atoms with van der Waals surface area (Å²) in [4.78, 5) is 2.29.